The molecule has 3 rings (SSSR count). The summed E-state index contributed by atoms with van der Waals surface area (Å²) in [5, 5.41) is 7.65. The lowest BCUT2D eigenvalue weighted by Gasteiger charge is -2.12. The lowest BCUT2D eigenvalue weighted by atomic mass is 10.1. The number of benzene rings is 1. The summed E-state index contributed by atoms with van der Waals surface area (Å²) in [5.74, 6) is 0.571. The number of aryl methyl sites for hydroxylation is 1. The lowest BCUT2D eigenvalue weighted by Crippen LogP contribution is -2.29. The van der Waals surface area contributed by atoms with E-state index in [1.165, 1.54) is 0 Å². The van der Waals surface area contributed by atoms with Crippen molar-refractivity contribution in [2.45, 2.75) is 33.4 Å². The number of nitrogens with zero attached hydrogens (tertiary/aromatic N) is 3. The standard InChI is InChI=1S/C19H21BrN4O2S/c1-3-7-26-17-6-5-15(20)8-14(17)9-16-18(25)24(19(27)22-16)12-13-10-21-23(4-2)11-13/h5-6,8-11H,3-4,7,12H2,1-2H3,(H,22,27)/b16-9+. The average molecular weight is 449 g/mol. The maximum atomic E-state index is 12.8. The summed E-state index contributed by atoms with van der Waals surface area (Å²) in [5.41, 5.74) is 2.18. The van der Waals surface area contributed by atoms with Crippen molar-refractivity contribution in [3.8, 4) is 5.75 Å². The maximum absolute atomic E-state index is 12.8. The van der Waals surface area contributed by atoms with Crippen LogP contribution < -0.4 is 10.1 Å². The zero-order valence-corrected chi connectivity index (χ0v) is 17.6. The van der Waals surface area contributed by atoms with Crippen molar-refractivity contribution >= 4 is 45.2 Å². The van der Waals surface area contributed by atoms with Crippen molar-refractivity contribution in [2.75, 3.05) is 6.61 Å². The Morgan fingerprint density at radius 3 is 2.89 bits per heavy atom. The number of thiocarbonyl (C=S) groups is 1. The van der Waals surface area contributed by atoms with Crippen LogP contribution in [0.5, 0.6) is 5.75 Å². The minimum absolute atomic E-state index is 0.161. The van der Waals surface area contributed by atoms with Crippen LogP contribution in [0.4, 0.5) is 0 Å². The molecule has 0 unspecified atom stereocenters. The molecule has 6 nitrogen and oxygen atoms in total. The van der Waals surface area contributed by atoms with Crippen LogP contribution in [0.2, 0.25) is 0 Å². The first kappa shape index (κ1) is 19.6. The van der Waals surface area contributed by atoms with Gasteiger partial charge in [0.2, 0.25) is 0 Å². The monoisotopic (exact) mass is 448 g/mol. The number of rotatable bonds is 7. The van der Waals surface area contributed by atoms with Crippen LogP contribution >= 0.6 is 28.1 Å². The fraction of sp³-hybridized carbons (Fsp3) is 0.316. The van der Waals surface area contributed by atoms with E-state index in [0.29, 0.717) is 24.0 Å². The van der Waals surface area contributed by atoms with E-state index in [2.05, 4.69) is 33.3 Å². The molecular formula is C19H21BrN4O2S. The number of hydrogen-bond acceptors (Lipinski definition) is 4. The van der Waals surface area contributed by atoms with Gasteiger partial charge in [0.15, 0.2) is 5.11 Å². The summed E-state index contributed by atoms with van der Waals surface area (Å²) < 4.78 is 8.52. The maximum Gasteiger partial charge on any atom is 0.276 e. The Balaban J connectivity index is 1.82. The molecular weight excluding hydrogens is 428 g/mol. The molecule has 1 aromatic carbocycles. The van der Waals surface area contributed by atoms with E-state index in [1.807, 2.05) is 36.0 Å². The van der Waals surface area contributed by atoms with Gasteiger partial charge in [0.05, 0.1) is 19.3 Å². The van der Waals surface area contributed by atoms with Crippen molar-refractivity contribution in [1.82, 2.24) is 20.0 Å². The van der Waals surface area contributed by atoms with Crippen LogP contribution in [0.3, 0.4) is 0 Å². The summed E-state index contributed by atoms with van der Waals surface area (Å²) in [6.07, 6.45) is 6.36. The van der Waals surface area contributed by atoms with Crippen LogP contribution in [0, 0.1) is 0 Å². The molecule has 1 N–H and O–H groups in total. The van der Waals surface area contributed by atoms with Crippen LogP contribution in [-0.4, -0.2) is 32.3 Å². The Bertz CT molecular complexity index is 894. The van der Waals surface area contributed by atoms with Crippen molar-refractivity contribution in [3.05, 3.63) is 51.9 Å². The van der Waals surface area contributed by atoms with Crippen LogP contribution in [0.15, 0.2) is 40.8 Å². The van der Waals surface area contributed by atoms with Gasteiger partial charge in [-0.2, -0.15) is 5.10 Å². The number of ether oxygens (including phenoxy) is 1. The van der Waals surface area contributed by atoms with Crippen molar-refractivity contribution in [1.29, 1.82) is 0 Å². The Morgan fingerprint density at radius 1 is 1.37 bits per heavy atom. The second-order valence-corrected chi connectivity index (χ2v) is 7.42. The number of nitrogens with one attached hydrogen (secondary N) is 1. The Kier molecular flexibility index (Phi) is 6.28. The normalized spacial score (nSPS) is 15.5. The largest absolute Gasteiger partial charge is 0.493 e. The summed E-state index contributed by atoms with van der Waals surface area (Å²) in [4.78, 5) is 14.4. The predicted molar refractivity (Wildman–Crippen MR) is 112 cm³/mol. The molecule has 2 aromatic rings. The molecule has 8 heteroatoms. The highest BCUT2D eigenvalue weighted by atomic mass is 79.9. The van der Waals surface area contributed by atoms with Gasteiger partial charge < -0.3 is 10.1 Å². The SMILES string of the molecule is CCCOc1ccc(Br)cc1/C=C1/NC(=S)N(Cc2cnn(CC)c2)C1=O. The summed E-state index contributed by atoms with van der Waals surface area (Å²) >= 11 is 8.83. The highest BCUT2D eigenvalue weighted by Gasteiger charge is 2.31. The van der Waals surface area contributed by atoms with Gasteiger partial charge in [-0.05, 0) is 49.8 Å². The Morgan fingerprint density at radius 2 is 2.19 bits per heavy atom. The van der Waals surface area contributed by atoms with E-state index >= 15 is 0 Å². The molecule has 1 aliphatic heterocycles. The third kappa shape index (κ3) is 4.56. The molecule has 0 spiro atoms. The van der Waals surface area contributed by atoms with Crippen molar-refractivity contribution in [2.24, 2.45) is 0 Å². The molecule has 1 fully saturated rings. The first-order chi connectivity index (χ1) is 13.0. The smallest absolute Gasteiger partial charge is 0.276 e. The molecule has 27 heavy (non-hydrogen) atoms. The molecule has 1 aromatic heterocycles. The van der Waals surface area contributed by atoms with E-state index in [1.54, 1.807) is 17.2 Å². The first-order valence-corrected chi connectivity index (χ1v) is 10.00. The number of aromatic nitrogens is 2. The summed E-state index contributed by atoms with van der Waals surface area (Å²) in [7, 11) is 0. The third-order valence-corrected chi connectivity index (χ3v) is 4.86. The fourth-order valence-electron chi connectivity index (χ4n) is 2.69. The quantitative estimate of drug-likeness (QED) is 0.516. The van der Waals surface area contributed by atoms with Gasteiger partial charge in [-0.1, -0.05) is 22.9 Å². The molecule has 0 aliphatic carbocycles. The Labute approximate surface area is 172 Å². The van der Waals surface area contributed by atoms with Crippen LogP contribution in [-0.2, 0) is 17.9 Å². The van der Waals surface area contributed by atoms with Crippen molar-refractivity contribution < 1.29 is 9.53 Å². The molecule has 2 heterocycles. The Hall–Kier alpha value is -2.19. The molecule has 0 radical (unpaired) electrons. The molecule has 1 aliphatic rings. The fourth-order valence-corrected chi connectivity index (χ4v) is 3.33. The topological polar surface area (TPSA) is 59.4 Å². The summed E-state index contributed by atoms with van der Waals surface area (Å²) in [6.45, 7) is 5.85. The van der Waals surface area contributed by atoms with Gasteiger partial charge in [0, 0.05) is 28.3 Å². The molecule has 1 amide bonds. The molecule has 0 atom stereocenters. The highest BCUT2D eigenvalue weighted by molar-refractivity contribution is 9.10. The van der Waals surface area contributed by atoms with Gasteiger partial charge in [-0.15, -0.1) is 0 Å². The highest BCUT2D eigenvalue weighted by Crippen LogP contribution is 2.27. The number of amides is 1. The van der Waals surface area contributed by atoms with E-state index in [-0.39, 0.29) is 5.91 Å². The average Bonchev–Trinajstić information content (AvgIpc) is 3.21. The van der Waals surface area contributed by atoms with E-state index in [9.17, 15) is 4.79 Å². The van der Waals surface area contributed by atoms with Gasteiger partial charge in [0.1, 0.15) is 11.4 Å². The third-order valence-electron chi connectivity index (χ3n) is 4.05. The van der Waals surface area contributed by atoms with Gasteiger partial charge in [-0.25, -0.2) is 0 Å². The minimum atomic E-state index is -0.161. The molecule has 0 bridgehead atoms. The van der Waals surface area contributed by atoms with E-state index < -0.39 is 0 Å². The second kappa shape index (κ2) is 8.67. The first-order valence-electron chi connectivity index (χ1n) is 8.80. The molecule has 0 saturated carbocycles. The molecule has 142 valence electrons. The zero-order valence-electron chi connectivity index (χ0n) is 15.2. The zero-order chi connectivity index (χ0) is 19.4. The number of carbonyl (C=O) groups is 1. The minimum Gasteiger partial charge on any atom is -0.493 e. The lowest BCUT2D eigenvalue weighted by molar-refractivity contribution is -0.122. The summed E-state index contributed by atoms with van der Waals surface area (Å²) in [6, 6.07) is 5.73. The van der Waals surface area contributed by atoms with Crippen LogP contribution in [0.1, 0.15) is 31.4 Å². The molecule has 1 saturated heterocycles. The van der Waals surface area contributed by atoms with Gasteiger partial charge >= 0.3 is 0 Å². The number of carbonyl (C=O) groups excluding carboxylic acids is 1. The number of hydrogen-bond donors (Lipinski definition) is 1. The van der Waals surface area contributed by atoms with Crippen LogP contribution in [0.25, 0.3) is 6.08 Å². The number of halogens is 1. The van der Waals surface area contributed by atoms with Gasteiger partial charge in [-0.3, -0.25) is 14.4 Å². The van der Waals surface area contributed by atoms with Crippen molar-refractivity contribution in [3.63, 3.8) is 0 Å². The van der Waals surface area contributed by atoms with E-state index in [4.69, 9.17) is 17.0 Å². The predicted octanol–water partition coefficient (Wildman–Crippen LogP) is 3.71. The van der Waals surface area contributed by atoms with Gasteiger partial charge in [0.25, 0.3) is 5.91 Å². The van der Waals surface area contributed by atoms with E-state index in [0.717, 1.165) is 34.3 Å². The second-order valence-electron chi connectivity index (χ2n) is 6.11.